The Morgan fingerprint density at radius 3 is 3.05 bits per heavy atom. The summed E-state index contributed by atoms with van der Waals surface area (Å²) in [6, 6.07) is 0.334. The topological polar surface area (TPSA) is 50.6 Å². The zero-order valence-electron chi connectivity index (χ0n) is 12.9. The molecule has 3 rings (SSSR count). The van der Waals surface area contributed by atoms with Crippen LogP contribution in [-0.2, 0) is 16.6 Å². The first-order chi connectivity index (χ1) is 10.1. The number of ether oxygens (including phenoxy) is 1. The Morgan fingerprint density at radius 2 is 2.33 bits per heavy atom. The van der Waals surface area contributed by atoms with Crippen molar-refractivity contribution in [3.63, 3.8) is 0 Å². The van der Waals surface area contributed by atoms with Crippen LogP contribution in [0.25, 0.3) is 0 Å². The van der Waals surface area contributed by atoms with Gasteiger partial charge in [0.1, 0.15) is 0 Å². The van der Waals surface area contributed by atoms with Crippen molar-refractivity contribution in [1.29, 1.82) is 0 Å². The third-order valence-corrected chi connectivity index (χ3v) is 4.41. The number of aromatic nitrogens is 2. The number of nitrogens with zero attached hydrogens (tertiary/aromatic N) is 4. The highest BCUT2D eigenvalue weighted by atomic mass is 16.5. The van der Waals surface area contributed by atoms with E-state index in [0.717, 1.165) is 19.4 Å². The molecule has 0 aromatic carbocycles. The van der Waals surface area contributed by atoms with Crippen molar-refractivity contribution in [1.82, 2.24) is 19.6 Å². The number of hydrogen-bond acceptors (Lipinski definition) is 4. The minimum absolute atomic E-state index is 0.149. The highest BCUT2D eigenvalue weighted by Crippen LogP contribution is 2.31. The van der Waals surface area contributed by atoms with Gasteiger partial charge in [-0.05, 0) is 26.3 Å². The quantitative estimate of drug-likeness (QED) is 0.827. The van der Waals surface area contributed by atoms with Gasteiger partial charge in [0, 0.05) is 37.9 Å². The van der Waals surface area contributed by atoms with E-state index >= 15 is 0 Å². The molecule has 0 spiro atoms. The molecule has 2 atom stereocenters. The molecule has 116 valence electrons. The van der Waals surface area contributed by atoms with E-state index in [1.54, 1.807) is 0 Å². The van der Waals surface area contributed by atoms with Crippen molar-refractivity contribution >= 4 is 5.91 Å². The smallest absolute Gasteiger partial charge is 0.236 e. The van der Waals surface area contributed by atoms with Crippen molar-refractivity contribution in [2.24, 2.45) is 7.05 Å². The Hall–Kier alpha value is -1.40. The molecular weight excluding hydrogens is 268 g/mol. The van der Waals surface area contributed by atoms with Gasteiger partial charge in [-0.25, -0.2) is 0 Å². The van der Waals surface area contributed by atoms with Crippen LogP contribution < -0.4 is 0 Å². The van der Waals surface area contributed by atoms with Gasteiger partial charge in [0.05, 0.1) is 25.5 Å². The summed E-state index contributed by atoms with van der Waals surface area (Å²) in [5.74, 6) is 0.223. The molecule has 2 aliphatic rings. The van der Waals surface area contributed by atoms with Crippen molar-refractivity contribution in [3.05, 3.63) is 18.0 Å². The molecular formula is C15H24N4O2. The Kier molecular flexibility index (Phi) is 4.26. The Balaban J connectivity index is 1.62. The first-order valence-electron chi connectivity index (χ1n) is 7.75. The van der Waals surface area contributed by atoms with Crippen LogP contribution in [0, 0.1) is 0 Å². The monoisotopic (exact) mass is 292 g/mol. The minimum Gasteiger partial charge on any atom is -0.375 e. The Bertz CT molecular complexity index is 502. The normalized spacial score (nSPS) is 27.2. The summed E-state index contributed by atoms with van der Waals surface area (Å²) < 4.78 is 7.33. The van der Waals surface area contributed by atoms with Gasteiger partial charge >= 0.3 is 0 Å². The lowest BCUT2D eigenvalue weighted by atomic mass is 10.1. The summed E-state index contributed by atoms with van der Waals surface area (Å²) in [6.45, 7) is 5.60. The molecule has 0 aliphatic carbocycles. The lowest BCUT2D eigenvalue weighted by Gasteiger charge is -2.33. The van der Waals surface area contributed by atoms with E-state index in [1.165, 1.54) is 5.56 Å². The molecule has 0 radical (unpaired) electrons. The molecule has 3 heterocycles. The Labute approximate surface area is 125 Å². The van der Waals surface area contributed by atoms with Gasteiger partial charge in [0.15, 0.2) is 0 Å². The summed E-state index contributed by atoms with van der Waals surface area (Å²) in [5.41, 5.74) is 1.22. The average molecular weight is 292 g/mol. The van der Waals surface area contributed by atoms with Crippen molar-refractivity contribution in [3.8, 4) is 0 Å². The van der Waals surface area contributed by atoms with Gasteiger partial charge in [-0.15, -0.1) is 0 Å². The third kappa shape index (κ3) is 3.27. The van der Waals surface area contributed by atoms with E-state index in [9.17, 15) is 4.79 Å². The van der Waals surface area contributed by atoms with E-state index in [0.29, 0.717) is 32.3 Å². The van der Waals surface area contributed by atoms with Crippen LogP contribution in [-0.4, -0.2) is 64.4 Å². The number of rotatable bonds is 3. The fraction of sp³-hybridized carbons (Fsp3) is 0.733. The maximum absolute atomic E-state index is 12.5. The lowest BCUT2D eigenvalue weighted by molar-refractivity contribution is -0.139. The van der Waals surface area contributed by atoms with Crippen LogP contribution in [0.15, 0.2) is 12.4 Å². The molecule has 6 heteroatoms. The van der Waals surface area contributed by atoms with Crippen molar-refractivity contribution < 1.29 is 9.53 Å². The largest absolute Gasteiger partial charge is 0.375 e. The zero-order chi connectivity index (χ0) is 14.8. The predicted molar refractivity (Wildman–Crippen MR) is 78.8 cm³/mol. The highest BCUT2D eigenvalue weighted by molar-refractivity contribution is 5.78. The van der Waals surface area contributed by atoms with Crippen LogP contribution in [0.1, 0.15) is 31.4 Å². The Morgan fingerprint density at radius 1 is 1.48 bits per heavy atom. The van der Waals surface area contributed by atoms with E-state index in [-0.39, 0.29) is 12.0 Å². The van der Waals surface area contributed by atoms with Crippen molar-refractivity contribution in [2.45, 2.75) is 31.9 Å². The molecule has 21 heavy (non-hydrogen) atoms. The third-order valence-electron chi connectivity index (χ3n) is 4.41. The average Bonchev–Trinajstić information content (AvgIpc) is 3.07. The molecule has 0 N–H and O–H groups in total. The number of amides is 1. The molecule has 1 amide bonds. The standard InChI is InChI=1S/C15H24N4O2/c1-12-9-19(6-7-21-12)15(20)11-18-5-3-4-14(18)13-8-16-17(2)10-13/h8,10,12,14H,3-7,9,11H2,1-2H3/t12-,14-/m0/s1. The fourth-order valence-corrected chi connectivity index (χ4v) is 3.32. The second-order valence-electron chi connectivity index (χ2n) is 6.10. The maximum Gasteiger partial charge on any atom is 0.236 e. The van der Waals surface area contributed by atoms with Crippen LogP contribution in [0.2, 0.25) is 0 Å². The first-order valence-corrected chi connectivity index (χ1v) is 7.75. The number of aryl methyl sites for hydroxylation is 1. The predicted octanol–water partition coefficient (Wildman–Crippen LogP) is 0.804. The fourth-order valence-electron chi connectivity index (χ4n) is 3.32. The molecule has 6 nitrogen and oxygen atoms in total. The van der Waals surface area contributed by atoms with E-state index in [4.69, 9.17) is 4.74 Å². The number of carbonyl (C=O) groups excluding carboxylic acids is 1. The van der Waals surface area contributed by atoms with Gasteiger partial charge in [-0.3, -0.25) is 14.4 Å². The zero-order valence-corrected chi connectivity index (χ0v) is 12.9. The van der Waals surface area contributed by atoms with Gasteiger partial charge in [-0.1, -0.05) is 0 Å². The van der Waals surface area contributed by atoms with E-state index in [2.05, 4.69) is 16.2 Å². The van der Waals surface area contributed by atoms with E-state index < -0.39 is 0 Å². The first kappa shape index (κ1) is 14.5. The SMILES string of the molecule is C[C@H]1CN(C(=O)CN2CCC[C@H]2c2cnn(C)c2)CCO1. The van der Waals surface area contributed by atoms with Gasteiger partial charge < -0.3 is 9.64 Å². The number of morpholine rings is 1. The second-order valence-corrected chi connectivity index (χ2v) is 6.10. The summed E-state index contributed by atoms with van der Waals surface area (Å²) >= 11 is 0. The van der Waals surface area contributed by atoms with Crippen LogP contribution >= 0.6 is 0 Å². The molecule has 0 bridgehead atoms. The number of likely N-dealkylation sites (tertiary alicyclic amines) is 1. The summed E-state index contributed by atoms with van der Waals surface area (Å²) in [5, 5.41) is 4.25. The van der Waals surface area contributed by atoms with Crippen LogP contribution in [0.3, 0.4) is 0 Å². The molecule has 2 fully saturated rings. The van der Waals surface area contributed by atoms with Crippen LogP contribution in [0.5, 0.6) is 0 Å². The second kappa shape index (κ2) is 6.15. The highest BCUT2D eigenvalue weighted by Gasteiger charge is 2.30. The lowest BCUT2D eigenvalue weighted by Crippen LogP contribution is -2.48. The summed E-state index contributed by atoms with van der Waals surface area (Å²) in [7, 11) is 1.93. The maximum atomic E-state index is 12.5. The van der Waals surface area contributed by atoms with Gasteiger partial charge in [0.2, 0.25) is 5.91 Å². The number of hydrogen-bond donors (Lipinski definition) is 0. The molecule has 0 unspecified atom stereocenters. The van der Waals surface area contributed by atoms with Gasteiger partial charge in [-0.2, -0.15) is 5.10 Å². The van der Waals surface area contributed by atoms with Crippen LogP contribution in [0.4, 0.5) is 0 Å². The molecule has 1 aromatic rings. The summed E-state index contributed by atoms with van der Waals surface area (Å²) in [4.78, 5) is 16.7. The molecule has 1 aromatic heterocycles. The van der Waals surface area contributed by atoms with Crippen molar-refractivity contribution in [2.75, 3.05) is 32.8 Å². The minimum atomic E-state index is 0.149. The molecule has 0 saturated carbocycles. The van der Waals surface area contributed by atoms with E-state index in [1.807, 2.05) is 29.7 Å². The summed E-state index contributed by atoms with van der Waals surface area (Å²) in [6.07, 6.45) is 6.38. The molecule has 2 saturated heterocycles. The van der Waals surface area contributed by atoms with Gasteiger partial charge in [0.25, 0.3) is 0 Å². The number of carbonyl (C=O) groups is 1. The molecule has 2 aliphatic heterocycles.